The van der Waals surface area contributed by atoms with E-state index < -0.39 is 10.8 Å². The molecule has 3 rings (SSSR count). The average molecular weight is 364 g/mol. The van der Waals surface area contributed by atoms with Gasteiger partial charge in [0.2, 0.25) is 0 Å². The van der Waals surface area contributed by atoms with E-state index in [2.05, 4.69) is 5.32 Å². The third-order valence-electron chi connectivity index (χ3n) is 3.30. The van der Waals surface area contributed by atoms with Crippen LogP contribution >= 0.6 is 22.9 Å². The number of thiophene rings is 1. The van der Waals surface area contributed by atoms with E-state index in [1.165, 1.54) is 11.3 Å². The van der Waals surface area contributed by atoms with Crippen LogP contribution in [0.25, 0.3) is 10.1 Å². The van der Waals surface area contributed by atoms with Gasteiger partial charge in [0.05, 0.1) is 5.02 Å². The molecule has 0 saturated heterocycles. The van der Waals surface area contributed by atoms with Gasteiger partial charge in [-0.05, 0) is 23.8 Å². The molecule has 1 atom stereocenters. The first-order chi connectivity index (χ1) is 11.0. The number of carbonyl (C=O) groups excluding carboxylic acids is 1. The van der Waals surface area contributed by atoms with Crippen molar-refractivity contribution in [2.24, 2.45) is 0 Å². The van der Waals surface area contributed by atoms with Gasteiger partial charge in [-0.1, -0.05) is 41.9 Å². The minimum absolute atomic E-state index is 0.231. The van der Waals surface area contributed by atoms with Crippen LogP contribution in [-0.4, -0.2) is 16.4 Å². The Morgan fingerprint density at radius 1 is 1.22 bits per heavy atom. The van der Waals surface area contributed by atoms with Crippen molar-refractivity contribution >= 4 is 55.4 Å². The number of hydrogen-bond acceptors (Lipinski definition) is 3. The second-order valence-corrected chi connectivity index (χ2v) is 7.98. The molecule has 0 saturated carbocycles. The number of benzene rings is 2. The normalized spacial score (nSPS) is 12.3. The molecule has 0 radical (unpaired) electrons. The molecule has 1 aromatic heterocycles. The first-order valence-corrected chi connectivity index (χ1v) is 9.84. The van der Waals surface area contributed by atoms with Gasteiger partial charge in [0.25, 0.3) is 5.91 Å². The average Bonchev–Trinajstić information content (AvgIpc) is 2.85. The Labute approximate surface area is 145 Å². The van der Waals surface area contributed by atoms with Crippen LogP contribution in [0, 0.1) is 0 Å². The Morgan fingerprint density at radius 3 is 2.74 bits per heavy atom. The third-order valence-corrected chi connectivity index (χ3v) is 5.71. The van der Waals surface area contributed by atoms with Crippen LogP contribution in [-0.2, 0) is 16.6 Å². The Balaban J connectivity index is 1.86. The highest BCUT2D eigenvalue weighted by Crippen LogP contribution is 2.35. The van der Waals surface area contributed by atoms with E-state index in [0.717, 1.165) is 15.6 Å². The monoisotopic (exact) mass is 363 g/mol. The number of hydrogen-bond donors (Lipinski definition) is 1. The summed E-state index contributed by atoms with van der Waals surface area (Å²) in [5, 5.41) is 4.23. The first kappa shape index (κ1) is 16.2. The van der Waals surface area contributed by atoms with Gasteiger partial charge < -0.3 is 5.32 Å². The van der Waals surface area contributed by atoms with E-state index >= 15 is 0 Å². The van der Waals surface area contributed by atoms with E-state index in [4.69, 9.17) is 11.6 Å². The minimum Gasteiger partial charge on any atom is -0.321 e. The van der Waals surface area contributed by atoms with Crippen LogP contribution in [0.4, 0.5) is 5.69 Å². The van der Waals surface area contributed by atoms with Crippen molar-refractivity contribution in [1.82, 2.24) is 0 Å². The Morgan fingerprint density at radius 2 is 2.00 bits per heavy atom. The quantitative estimate of drug-likeness (QED) is 0.731. The van der Waals surface area contributed by atoms with Gasteiger partial charge >= 0.3 is 0 Å². The third kappa shape index (κ3) is 3.63. The molecule has 0 spiro atoms. The number of carbonyl (C=O) groups is 1. The second kappa shape index (κ2) is 6.83. The topological polar surface area (TPSA) is 46.2 Å². The Hall–Kier alpha value is -1.69. The van der Waals surface area contributed by atoms with Crippen LogP contribution in [0.15, 0.2) is 48.5 Å². The molecule has 1 N–H and O–H groups in total. The molecule has 0 aliphatic rings. The van der Waals surface area contributed by atoms with Crippen LogP contribution in [0.1, 0.15) is 15.2 Å². The molecule has 1 unspecified atom stereocenters. The molecule has 0 bridgehead atoms. The summed E-state index contributed by atoms with van der Waals surface area (Å²) in [5.41, 5.74) is 1.59. The lowest BCUT2D eigenvalue weighted by molar-refractivity contribution is 0.103. The standard InChI is InChI=1S/C17H14ClNO2S2/c1-23(21)10-11-5-4-6-12(9-11)19-17(20)16-15(18)13-7-2-3-8-14(13)22-16/h2-9H,10H2,1H3,(H,19,20). The zero-order chi connectivity index (χ0) is 16.4. The Kier molecular flexibility index (Phi) is 4.80. The highest BCUT2D eigenvalue weighted by atomic mass is 35.5. The number of halogens is 1. The molecule has 1 amide bonds. The molecule has 6 heteroatoms. The lowest BCUT2D eigenvalue weighted by Crippen LogP contribution is -2.10. The highest BCUT2D eigenvalue weighted by Gasteiger charge is 2.17. The maximum atomic E-state index is 12.5. The smallest absolute Gasteiger partial charge is 0.267 e. The molecular formula is C17H14ClNO2S2. The van der Waals surface area contributed by atoms with E-state index in [1.807, 2.05) is 42.5 Å². The van der Waals surface area contributed by atoms with E-state index in [-0.39, 0.29) is 5.91 Å². The summed E-state index contributed by atoms with van der Waals surface area (Å²) in [6, 6.07) is 15.0. The molecule has 0 aliphatic heterocycles. The van der Waals surface area contributed by atoms with Gasteiger partial charge in [0.1, 0.15) is 4.88 Å². The summed E-state index contributed by atoms with van der Waals surface area (Å²) < 4.78 is 12.3. The summed E-state index contributed by atoms with van der Waals surface area (Å²) >= 11 is 7.70. The van der Waals surface area contributed by atoms with Crippen molar-refractivity contribution in [3.05, 3.63) is 64.0 Å². The molecule has 0 fully saturated rings. The minimum atomic E-state index is -0.919. The van der Waals surface area contributed by atoms with E-state index in [9.17, 15) is 9.00 Å². The Bertz CT molecular complexity index is 904. The fourth-order valence-electron chi connectivity index (χ4n) is 2.32. The summed E-state index contributed by atoms with van der Waals surface area (Å²) in [6.45, 7) is 0. The molecule has 0 aliphatic carbocycles. The van der Waals surface area contributed by atoms with Crippen molar-refractivity contribution in [3.8, 4) is 0 Å². The van der Waals surface area contributed by atoms with Crippen molar-refractivity contribution in [2.45, 2.75) is 5.75 Å². The molecule has 3 nitrogen and oxygen atoms in total. The maximum Gasteiger partial charge on any atom is 0.267 e. The van der Waals surface area contributed by atoms with Crippen molar-refractivity contribution in [2.75, 3.05) is 11.6 Å². The van der Waals surface area contributed by atoms with Crippen molar-refractivity contribution in [3.63, 3.8) is 0 Å². The number of amides is 1. The van der Waals surface area contributed by atoms with Gasteiger partial charge in [-0.25, -0.2) is 0 Å². The van der Waals surface area contributed by atoms with Crippen LogP contribution in [0.5, 0.6) is 0 Å². The largest absolute Gasteiger partial charge is 0.321 e. The zero-order valence-electron chi connectivity index (χ0n) is 12.3. The summed E-state index contributed by atoms with van der Waals surface area (Å²) in [4.78, 5) is 13.0. The van der Waals surface area contributed by atoms with Gasteiger partial charge in [-0.3, -0.25) is 9.00 Å². The van der Waals surface area contributed by atoms with Gasteiger partial charge in [0, 0.05) is 38.6 Å². The fourth-order valence-corrected chi connectivity index (χ4v) is 4.38. The molecule has 2 aromatic carbocycles. The predicted molar refractivity (Wildman–Crippen MR) is 99.0 cm³/mol. The molecular weight excluding hydrogens is 350 g/mol. The van der Waals surface area contributed by atoms with E-state index in [0.29, 0.717) is 21.3 Å². The van der Waals surface area contributed by atoms with Gasteiger partial charge in [0.15, 0.2) is 0 Å². The molecule has 118 valence electrons. The van der Waals surface area contributed by atoms with Gasteiger partial charge in [-0.2, -0.15) is 0 Å². The maximum absolute atomic E-state index is 12.5. The van der Waals surface area contributed by atoms with Crippen LogP contribution in [0.3, 0.4) is 0 Å². The lowest BCUT2D eigenvalue weighted by Gasteiger charge is -2.06. The summed E-state index contributed by atoms with van der Waals surface area (Å²) in [7, 11) is -0.919. The number of rotatable bonds is 4. The molecule has 3 aromatic rings. The summed E-state index contributed by atoms with van der Waals surface area (Å²) in [5.74, 6) is 0.235. The lowest BCUT2D eigenvalue weighted by atomic mass is 10.2. The summed E-state index contributed by atoms with van der Waals surface area (Å²) in [6.07, 6.45) is 1.65. The van der Waals surface area contributed by atoms with Crippen LogP contribution in [0.2, 0.25) is 5.02 Å². The number of fused-ring (bicyclic) bond motifs is 1. The van der Waals surface area contributed by atoms with Gasteiger partial charge in [-0.15, -0.1) is 11.3 Å². The SMILES string of the molecule is CS(=O)Cc1cccc(NC(=O)c2sc3ccccc3c2Cl)c1. The van der Waals surface area contributed by atoms with Crippen molar-refractivity contribution in [1.29, 1.82) is 0 Å². The van der Waals surface area contributed by atoms with Crippen LogP contribution < -0.4 is 5.32 Å². The highest BCUT2D eigenvalue weighted by molar-refractivity contribution is 7.83. The fraction of sp³-hybridized carbons (Fsp3) is 0.118. The number of anilines is 1. The number of nitrogens with one attached hydrogen (secondary N) is 1. The predicted octanol–water partition coefficient (Wildman–Crippen LogP) is 4.69. The molecule has 1 heterocycles. The zero-order valence-corrected chi connectivity index (χ0v) is 14.7. The van der Waals surface area contributed by atoms with Crippen molar-refractivity contribution < 1.29 is 9.00 Å². The van der Waals surface area contributed by atoms with E-state index in [1.54, 1.807) is 12.3 Å². The molecule has 23 heavy (non-hydrogen) atoms. The first-order valence-electron chi connectivity index (χ1n) is 6.92. The second-order valence-electron chi connectivity index (χ2n) is 5.11.